The number of fused-ring (bicyclic) bond motifs is 1. The standard InChI is InChI=1S/C16H17N3O2/c17-13-4-1-5-14-16(13)19-15(21-14)11-20-10-2-3-12-6-8-18-9-7-12/h1,4-9H,2-3,10-11,17H2. The van der Waals surface area contributed by atoms with Crippen LogP contribution in [0.2, 0.25) is 0 Å². The van der Waals surface area contributed by atoms with Gasteiger partial charge in [0.2, 0.25) is 5.89 Å². The monoisotopic (exact) mass is 283 g/mol. The van der Waals surface area contributed by atoms with E-state index in [1.165, 1.54) is 5.56 Å². The van der Waals surface area contributed by atoms with E-state index < -0.39 is 0 Å². The van der Waals surface area contributed by atoms with Gasteiger partial charge in [-0.3, -0.25) is 4.98 Å². The fourth-order valence-electron chi connectivity index (χ4n) is 2.16. The molecule has 0 radical (unpaired) electrons. The van der Waals surface area contributed by atoms with Crippen molar-refractivity contribution in [1.29, 1.82) is 0 Å². The summed E-state index contributed by atoms with van der Waals surface area (Å²) in [5, 5.41) is 0. The lowest BCUT2D eigenvalue weighted by Crippen LogP contribution is -1.98. The van der Waals surface area contributed by atoms with E-state index >= 15 is 0 Å². The number of benzene rings is 1. The lowest BCUT2D eigenvalue weighted by atomic mass is 10.1. The summed E-state index contributed by atoms with van der Waals surface area (Å²) >= 11 is 0. The average Bonchev–Trinajstić information content (AvgIpc) is 2.92. The highest BCUT2D eigenvalue weighted by molar-refractivity contribution is 5.85. The van der Waals surface area contributed by atoms with Gasteiger partial charge in [0.25, 0.3) is 0 Å². The fourth-order valence-corrected chi connectivity index (χ4v) is 2.16. The van der Waals surface area contributed by atoms with E-state index in [9.17, 15) is 0 Å². The van der Waals surface area contributed by atoms with Crippen LogP contribution < -0.4 is 5.73 Å². The van der Waals surface area contributed by atoms with Crippen LogP contribution in [0.1, 0.15) is 17.9 Å². The summed E-state index contributed by atoms with van der Waals surface area (Å²) in [7, 11) is 0. The topological polar surface area (TPSA) is 74.2 Å². The molecule has 0 atom stereocenters. The minimum absolute atomic E-state index is 0.366. The fraction of sp³-hybridized carbons (Fsp3) is 0.250. The number of hydrogen-bond donors (Lipinski definition) is 1. The molecule has 0 aliphatic heterocycles. The lowest BCUT2D eigenvalue weighted by molar-refractivity contribution is 0.102. The second-order valence-corrected chi connectivity index (χ2v) is 4.81. The third-order valence-electron chi connectivity index (χ3n) is 3.22. The molecule has 0 aliphatic carbocycles. The molecule has 3 rings (SSSR count). The zero-order valence-electron chi connectivity index (χ0n) is 11.7. The third kappa shape index (κ3) is 3.38. The molecule has 2 aromatic heterocycles. The number of aryl methyl sites for hydroxylation is 1. The smallest absolute Gasteiger partial charge is 0.221 e. The quantitative estimate of drug-likeness (QED) is 0.556. The molecule has 0 aliphatic rings. The van der Waals surface area contributed by atoms with Gasteiger partial charge in [-0.25, -0.2) is 4.98 Å². The largest absolute Gasteiger partial charge is 0.438 e. The highest BCUT2D eigenvalue weighted by atomic mass is 16.5. The molecule has 21 heavy (non-hydrogen) atoms. The molecular formula is C16H17N3O2. The van der Waals surface area contributed by atoms with Crippen molar-refractivity contribution in [3.05, 3.63) is 54.2 Å². The molecule has 0 spiro atoms. The first-order valence-corrected chi connectivity index (χ1v) is 6.93. The van der Waals surface area contributed by atoms with E-state index in [4.69, 9.17) is 14.9 Å². The Hall–Kier alpha value is -2.40. The van der Waals surface area contributed by atoms with E-state index in [1.54, 1.807) is 12.4 Å². The van der Waals surface area contributed by atoms with Gasteiger partial charge in [-0.2, -0.15) is 0 Å². The number of nitrogens with zero attached hydrogens (tertiary/aromatic N) is 2. The maximum Gasteiger partial charge on any atom is 0.221 e. The van der Waals surface area contributed by atoms with Crippen LogP contribution in [0.4, 0.5) is 5.69 Å². The predicted molar refractivity (Wildman–Crippen MR) is 80.6 cm³/mol. The molecule has 0 saturated heterocycles. The van der Waals surface area contributed by atoms with Crippen molar-refractivity contribution in [1.82, 2.24) is 9.97 Å². The summed E-state index contributed by atoms with van der Waals surface area (Å²) in [6.07, 6.45) is 5.53. The maximum atomic E-state index is 5.84. The van der Waals surface area contributed by atoms with Gasteiger partial charge in [-0.05, 0) is 42.7 Å². The highest BCUT2D eigenvalue weighted by Crippen LogP contribution is 2.21. The number of para-hydroxylation sites is 1. The van der Waals surface area contributed by atoms with Crippen LogP contribution >= 0.6 is 0 Å². The SMILES string of the molecule is Nc1cccc2oc(COCCCc3ccncc3)nc12. The minimum atomic E-state index is 0.366. The second-order valence-electron chi connectivity index (χ2n) is 4.81. The van der Waals surface area contributed by atoms with Crippen molar-refractivity contribution >= 4 is 16.8 Å². The Kier molecular flexibility index (Phi) is 4.12. The van der Waals surface area contributed by atoms with Gasteiger partial charge in [-0.15, -0.1) is 0 Å². The molecule has 0 unspecified atom stereocenters. The maximum absolute atomic E-state index is 5.84. The van der Waals surface area contributed by atoms with Gasteiger partial charge in [0.05, 0.1) is 5.69 Å². The number of nitrogen functional groups attached to an aromatic ring is 1. The van der Waals surface area contributed by atoms with Crippen molar-refractivity contribution in [3.8, 4) is 0 Å². The van der Waals surface area contributed by atoms with Crippen LogP contribution in [-0.2, 0) is 17.8 Å². The number of aromatic nitrogens is 2. The molecule has 2 heterocycles. The van der Waals surface area contributed by atoms with E-state index in [0.717, 1.165) is 12.8 Å². The molecule has 3 aromatic rings. The molecule has 5 heteroatoms. The normalized spacial score (nSPS) is 11.0. The molecule has 0 bridgehead atoms. The van der Waals surface area contributed by atoms with Crippen LogP contribution in [0.5, 0.6) is 0 Å². The van der Waals surface area contributed by atoms with E-state index in [2.05, 4.69) is 9.97 Å². The van der Waals surface area contributed by atoms with Gasteiger partial charge in [0.1, 0.15) is 12.1 Å². The highest BCUT2D eigenvalue weighted by Gasteiger charge is 2.07. The molecule has 1 aromatic carbocycles. The summed E-state index contributed by atoms with van der Waals surface area (Å²) in [6.45, 7) is 1.03. The molecule has 0 fully saturated rings. The molecule has 108 valence electrons. The van der Waals surface area contributed by atoms with Gasteiger partial charge in [0, 0.05) is 19.0 Å². The second kappa shape index (κ2) is 6.37. The first kappa shape index (κ1) is 13.6. The number of nitrogens with two attached hydrogens (primary N) is 1. The van der Waals surface area contributed by atoms with Crippen LogP contribution in [-0.4, -0.2) is 16.6 Å². The van der Waals surface area contributed by atoms with E-state index in [0.29, 0.717) is 35.9 Å². The van der Waals surface area contributed by atoms with E-state index in [-0.39, 0.29) is 0 Å². The van der Waals surface area contributed by atoms with Gasteiger partial charge in [-0.1, -0.05) is 6.07 Å². The zero-order valence-corrected chi connectivity index (χ0v) is 11.7. The van der Waals surface area contributed by atoms with Gasteiger partial charge < -0.3 is 14.9 Å². The molecule has 0 saturated carbocycles. The molecule has 2 N–H and O–H groups in total. The first-order chi connectivity index (χ1) is 10.3. The summed E-state index contributed by atoms with van der Waals surface area (Å²) in [5.41, 5.74) is 9.14. The average molecular weight is 283 g/mol. The number of hydrogen-bond acceptors (Lipinski definition) is 5. The Bertz CT molecular complexity index is 710. The van der Waals surface area contributed by atoms with Crippen LogP contribution in [0.3, 0.4) is 0 Å². The Morgan fingerprint density at radius 2 is 2.00 bits per heavy atom. The lowest BCUT2D eigenvalue weighted by Gasteiger charge is -2.02. The van der Waals surface area contributed by atoms with Crippen LogP contribution in [0.15, 0.2) is 47.1 Å². The van der Waals surface area contributed by atoms with Crippen molar-refractivity contribution in [2.24, 2.45) is 0 Å². The van der Waals surface area contributed by atoms with Crippen molar-refractivity contribution < 1.29 is 9.15 Å². The van der Waals surface area contributed by atoms with Crippen LogP contribution in [0.25, 0.3) is 11.1 Å². The van der Waals surface area contributed by atoms with Gasteiger partial charge >= 0.3 is 0 Å². The Morgan fingerprint density at radius 1 is 1.14 bits per heavy atom. The summed E-state index contributed by atoms with van der Waals surface area (Å²) in [5.74, 6) is 0.562. The molecule has 5 nitrogen and oxygen atoms in total. The van der Waals surface area contributed by atoms with Crippen molar-refractivity contribution in [3.63, 3.8) is 0 Å². The number of oxazole rings is 1. The number of pyridine rings is 1. The number of ether oxygens (including phenoxy) is 1. The van der Waals surface area contributed by atoms with E-state index in [1.807, 2.05) is 30.3 Å². The Morgan fingerprint density at radius 3 is 2.81 bits per heavy atom. The summed E-state index contributed by atoms with van der Waals surface area (Å²) in [4.78, 5) is 8.34. The Labute approximate surface area is 122 Å². The zero-order chi connectivity index (χ0) is 14.5. The minimum Gasteiger partial charge on any atom is -0.438 e. The third-order valence-corrected chi connectivity index (χ3v) is 3.22. The molecular weight excluding hydrogens is 266 g/mol. The van der Waals surface area contributed by atoms with Gasteiger partial charge in [0.15, 0.2) is 5.58 Å². The summed E-state index contributed by atoms with van der Waals surface area (Å²) in [6, 6.07) is 9.55. The number of rotatable bonds is 6. The predicted octanol–water partition coefficient (Wildman–Crippen LogP) is 2.95. The van der Waals surface area contributed by atoms with Crippen LogP contribution in [0, 0.1) is 0 Å². The molecule has 0 amide bonds. The van der Waals surface area contributed by atoms with Crippen molar-refractivity contribution in [2.45, 2.75) is 19.4 Å². The first-order valence-electron chi connectivity index (χ1n) is 6.93. The Balaban J connectivity index is 1.47. The van der Waals surface area contributed by atoms with Crippen molar-refractivity contribution in [2.75, 3.05) is 12.3 Å². The number of anilines is 1. The summed E-state index contributed by atoms with van der Waals surface area (Å²) < 4.78 is 11.2.